The molecule has 0 amide bonds. The van der Waals surface area contributed by atoms with Crippen molar-refractivity contribution in [1.82, 2.24) is 0 Å². The average Bonchev–Trinajstić information content (AvgIpc) is 2.26. The molecule has 0 aliphatic rings. The van der Waals surface area contributed by atoms with Crippen molar-refractivity contribution in [1.29, 1.82) is 0 Å². The summed E-state index contributed by atoms with van der Waals surface area (Å²) in [6, 6.07) is 2.33. The lowest BCUT2D eigenvalue weighted by Gasteiger charge is -2.24. The number of nitrogens with zero attached hydrogens (tertiary/aromatic N) is 1. The largest absolute Gasteiger partial charge is 0.377 e. The molecule has 0 N–H and O–H groups in total. The highest BCUT2D eigenvalue weighted by Gasteiger charge is 2.15. The molecule has 17 heavy (non-hydrogen) atoms. The smallest absolute Gasteiger partial charge is 0.0423 e. The maximum absolute atomic E-state index is 3.96. The second-order valence-corrected chi connectivity index (χ2v) is 5.03. The van der Waals surface area contributed by atoms with Gasteiger partial charge in [-0.1, -0.05) is 19.1 Å². The minimum absolute atomic E-state index is 0.476. The van der Waals surface area contributed by atoms with Crippen molar-refractivity contribution in [3.63, 3.8) is 0 Å². The lowest BCUT2D eigenvalue weighted by Crippen LogP contribution is -2.14. The molecule has 1 aromatic carbocycles. The Bertz CT molecular complexity index is 416. The molecule has 0 saturated carbocycles. The zero-order chi connectivity index (χ0) is 13.2. The van der Waals surface area contributed by atoms with Crippen LogP contribution in [-0.4, -0.2) is 14.1 Å². The van der Waals surface area contributed by atoms with Crippen molar-refractivity contribution in [2.24, 2.45) is 0 Å². The van der Waals surface area contributed by atoms with Gasteiger partial charge in [0, 0.05) is 25.7 Å². The zero-order valence-electron chi connectivity index (χ0n) is 12.1. The van der Waals surface area contributed by atoms with Gasteiger partial charge in [-0.05, 0) is 49.4 Å². The average molecular weight is 231 g/mol. The highest BCUT2D eigenvalue weighted by atomic mass is 15.1. The Labute approximate surface area is 106 Å². The van der Waals surface area contributed by atoms with Crippen molar-refractivity contribution in [2.45, 2.75) is 40.0 Å². The van der Waals surface area contributed by atoms with E-state index in [4.69, 9.17) is 0 Å². The van der Waals surface area contributed by atoms with Gasteiger partial charge in [-0.15, -0.1) is 6.58 Å². The molecule has 1 aromatic rings. The topological polar surface area (TPSA) is 3.24 Å². The third-order valence-electron chi connectivity index (χ3n) is 3.67. The van der Waals surface area contributed by atoms with E-state index in [-0.39, 0.29) is 0 Å². The molecule has 1 heteroatoms. The van der Waals surface area contributed by atoms with Gasteiger partial charge in [-0.25, -0.2) is 0 Å². The molecule has 0 aromatic heterocycles. The van der Waals surface area contributed by atoms with Gasteiger partial charge in [0.05, 0.1) is 0 Å². The molecule has 0 fully saturated rings. The van der Waals surface area contributed by atoms with E-state index in [0.717, 1.165) is 6.42 Å². The first-order chi connectivity index (χ1) is 7.93. The predicted octanol–water partition coefficient (Wildman–Crippen LogP) is 4.36. The van der Waals surface area contributed by atoms with E-state index >= 15 is 0 Å². The van der Waals surface area contributed by atoms with Crippen LogP contribution in [0.3, 0.4) is 0 Å². The molecule has 0 spiro atoms. The summed E-state index contributed by atoms with van der Waals surface area (Å²) in [6.45, 7) is 12.8. The molecule has 0 aliphatic carbocycles. The molecule has 1 unspecified atom stereocenters. The normalized spacial score (nSPS) is 12.4. The summed E-state index contributed by atoms with van der Waals surface area (Å²) in [5.41, 5.74) is 6.94. The van der Waals surface area contributed by atoms with Crippen molar-refractivity contribution < 1.29 is 0 Å². The summed E-state index contributed by atoms with van der Waals surface area (Å²) in [7, 11) is 4.22. The highest BCUT2D eigenvalue weighted by Crippen LogP contribution is 2.33. The van der Waals surface area contributed by atoms with Crippen molar-refractivity contribution in [3.05, 3.63) is 41.0 Å². The van der Waals surface area contributed by atoms with E-state index < -0.39 is 0 Å². The number of anilines is 1. The lowest BCUT2D eigenvalue weighted by atomic mass is 9.87. The van der Waals surface area contributed by atoms with E-state index in [1.54, 1.807) is 0 Å². The monoisotopic (exact) mass is 231 g/mol. The number of allylic oxidation sites excluding steroid dienone is 1. The number of rotatable bonds is 4. The van der Waals surface area contributed by atoms with Gasteiger partial charge < -0.3 is 4.90 Å². The fourth-order valence-electron chi connectivity index (χ4n) is 2.69. The van der Waals surface area contributed by atoms with E-state index in [1.807, 2.05) is 0 Å². The second kappa shape index (κ2) is 5.39. The van der Waals surface area contributed by atoms with Crippen LogP contribution in [0.4, 0.5) is 5.69 Å². The van der Waals surface area contributed by atoms with Crippen LogP contribution >= 0.6 is 0 Å². The fraction of sp³-hybridized carbons (Fsp3) is 0.500. The van der Waals surface area contributed by atoms with Crippen LogP contribution in [0.2, 0.25) is 0 Å². The van der Waals surface area contributed by atoms with Crippen molar-refractivity contribution in [3.8, 4) is 0 Å². The molecule has 0 aliphatic heterocycles. The lowest BCUT2D eigenvalue weighted by molar-refractivity contribution is 0.797. The first-order valence-electron chi connectivity index (χ1n) is 6.34. The molecule has 1 nitrogen and oxygen atoms in total. The van der Waals surface area contributed by atoms with Gasteiger partial charge in [0.1, 0.15) is 0 Å². The molecule has 1 atom stereocenters. The van der Waals surface area contributed by atoms with Gasteiger partial charge in [-0.2, -0.15) is 0 Å². The Hall–Kier alpha value is -1.24. The quantitative estimate of drug-likeness (QED) is 0.696. The van der Waals surface area contributed by atoms with Crippen molar-refractivity contribution >= 4 is 5.69 Å². The standard InChI is InChI=1S/C16H25N/c1-8-14(9-2)15-10-11(3)16(17(6)7)13(5)12(15)4/h8,10,14H,1,9H2,2-7H3. The minimum Gasteiger partial charge on any atom is -0.377 e. The van der Waals surface area contributed by atoms with Gasteiger partial charge in [0.2, 0.25) is 0 Å². The van der Waals surface area contributed by atoms with Gasteiger partial charge in [-0.3, -0.25) is 0 Å². The van der Waals surface area contributed by atoms with Crippen LogP contribution < -0.4 is 4.90 Å². The van der Waals surface area contributed by atoms with Gasteiger partial charge in [0.25, 0.3) is 0 Å². The summed E-state index contributed by atoms with van der Waals surface area (Å²) in [5.74, 6) is 0.476. The molecule has 94 valence electrons. The summed E-state index contributed by atoms with van der Waals surface area (Å²) in [4.78, 5) is 2.20. The van der Waals surface area contributed by atoms with E-state index in [0.29, 0.717) is 5.92 Å². The molecule has 0 heterocycles. The van der Waals surface area contributed by atoms with E-state index in [9.17, 15) is 0 Å². The third kappa shape index (κ3) is 2.54. The maximum Gasteiger partial charge on any atom is 0.0423 e. The predicted molar refractivity (Wildman–Crippen MR) is 78.2 cm³/mol. The summed E-state index contributed by atoms with van der Waals surface area (Å²) < 4.78 is 0. The Morgan fingerprint density at radius 3 is 2.24 bits per heavy atom. The highest BCUT2D eigenvalue weighted by molar-refractivity contribution is 5.63. The molecular weight excluding hydrogens is 206 g/mol. The molecule has 0 radical (unpaired) electrons. The Balaban J connectivity index is 3.43. The summed E-state index contributed by atoms with van der Waals surface area (Å²) in [5, 5.41) is 0. The molecule has 0 saturated heterocycles. The van der Waals surface area contributed by atoms with Crippen LogP contribution in [0.25, 0.3) is 0 Å². The Kier molecular flexibility index (Phi) is 4.39. The third-order valence-corrected chi connectivity index (χ3v) is 3.67. The summed E-state index contributed by atoms with van der Waals surface area (Å²) >= 11 is 0. The maximum atomic E-state index is 3.96. The second-order valence-electron chi connectivity index (χ2n) is 5.03. The number of aryl methyl sites for hydroxylation is 1. The van der Waals surface area contributed by atoms with E-state index in [1.165, 1.54) is 27.9 Å². The molecule has 0 bridgehead atoms. The molecular formula is C16H25N. The van der Waals surface area contributed by atoms with Gasteiger partial charge in [0.15, 0.2) is 0 Å². The minimum atomic E-state index is 0.476. The fourth-order valence-corrected chi connectivity index (χ4v) is 2.69. The number of benzene rings is 1. The number of hydrogen-bond donors (Lipinski definition) is 0. The van der Waals surface area contributed by atoms with E-state index in [2.05, 4.69) is 65.4 Å². The zero-order valence-corrected chi connectivity index (χ0v) is 12.1. The Morgan fingerprint density at radius 1 is 1.24 bits per heavy atom. The van der Waals surface area contributed by atoms with Gasteiger partial charge >= 0.3 is 0 Å². The first-order valence-corrected chi connectivity index (χ1v) is 6.34. The van der Waals surface area contributed by atoms with Crippen LogP contribution in [0.1, 0.15) is 41.5 Å². The molecule has 1 rings (SSSR count). The van der Waals surface area contributed by atoms with Crippen LogP contribution in [0.15, 0.2) is 18.7 Å². The first kappa shape index (κ1) is 13.8. The van der Waals surface area contributed by atoms with Crippen LogP contribution in [0.5, 0.6) is 0 Å². The summed E-state index contributed by atoms with van der Waals surface area (Å²) in [6.07, 6.45) is 3.18. The van der Waals surface area contributed by atoms with Crippen molar-refractivity contribution in [2.75, 3.05) is 19.0 Å². The van der Waals surface area contributed by atoms with Crippen LogP contribution in [-0.2, 0) is 0 Å². The van der Waals surface area contributed by atoms with Crippen LogP contribution in [0, 0.1) is 20.8 Å². The number of hydrogen-bond acceptors (Lipinski definition) is 1. The Morgan fingerprint density at radius 2 is 1.82 bits per heavy atom. The SMILES string of the molecule is C=CC(CC)c1cc(C)c(N(C)C)c(C)c1C.